The van der Waals surface area contributed by atoms with Crippen molar-refractivity contribution in [1.82, 2.24) is 9.88 Å². The van der Waals surface area contributed by atoms with E-state index < -0.39 is 6.04 Å². The Morgan fingerprint density at radius 3 is 2.79 bits per heavy atom. The zero-order valence-electron chi connectivity index (χ0n) is 13.1. The first-order valence-electron chi connectivity index (χ1n) is 7.56. The van der Waals surface area contributed by atoms with Crippen molar-refractivity contribution in [2.24, 2.45) is 0 Å². The molecule has 1 aromatic heterocycles. The number of fused-ring (bicyclic) bond motifs is 1. The van der Waals surface area contributed by atoms with Crippen LogP contribution in [0.15, 0.2) is 48.8 Å². The number of pyridine rings is 1. The normalized spacial score (nSPS) is 15.7. The molecule has 0 saturated heterocycles. The maximum Gasteiger partial charge on any atom is 0.228 e. The number of amides is 2. The molecule has 6 nitrogen and oxygen atoms in total. The lowest BCUT2D eigenvalue weighted by molar-refractivity contribution is -0.129. The summed E-state index contributed by atoms with van der Waals surface area (Å²) in [7, 11) is 0. The molecule has 0 spiro atoms. The number of carbonyl (C=O) groups excluding carboxylic acids is 2. The molecule has 1 aromatic carbocycles. The average molecular weight is 323 g/mol. The molecule has 122 valence electrons. The fourth-order valence-corrected chi connectivity index (χ4v) is 2.77. The Balaban J connectivity index is 1.83. The van der Waals surface area contributed by atoms with Gasteiger partial charge in [0.15, 0.2) is 11.6 Å². The van der Waals surface area contributed by atoms with E-state index in [0.29, 0.717) is 0 Å². The summed E-state index contributed by atoms with van der Waals surface area (Å²) in [6.45, 7) is 1.47. The zero-order chi connectivity index (χ0) is 17.1. The molecule has 0 unspecified atom stereocenters. The molecule has 0 aliphatic carbocycles. The summed E-state index contributed by atoms with van der Waals surface area (Å²) < 4.78 is 0. The lowest BCUT2D eigenvalue weighted by Crippen LogP contribution is -2.33. The number of aromatic nitrogens is 1. The molecule has 0 bridgehead atoms. The first kappa shape index (κ1) is 15.7. The highest BCUT2D eigenvalue weighted by Gasteiger charge is 2.28. The van der Waals surface area contributed by atoms with E-state index in [-0.39, 0.29) is 29.8 Å². The first-order valence-corrected chi connectivity index (χ1v) is 7.56. The van der Waals surface area contributed by atoms with Gasteiger partial charge in [-0.05, 0) is 29.3 Å². The molecule has 2 heterocycles. The fourth-order valence-electron chi connectivity index (χ4n) is 2.77. The van der Waals surface area contributed by atoms with Crippen LogP contribution in [-0.2, 0) is 9.59 Å². The highest BCUT2D eigenvalue weighted by Crippen LogP contribution is 2.33. The second-order valence-electron chi connectivity index (χ2n) is 5.51. The molecule has 1 atom stereocenters. The van der Waals surface area contributed by atoms with Crippen molar-refractivity contribution < 1.29 is 14.7 Å². The second kappa shape index (κ2) is 6.54. The molecule has 0 fully saturated rings. The molecule has 24 heavy (non-hydrogen) atoms. The Hall–Kier alpha value is -3.15. The molecule has 2 N–H and O–H groups in total. The van der Waals surface area contributed by atoms with Crippen molar-refractivity contribution in [2.75, 3.05) is 5.32 Å². The van der Waals surface area contributed by atoms with Gasteiger partial charge in [-0.3, -0.25) is 9.59 Å². The summed E-state index contributed by atoms with van der Waals surface area (Å²) in [4.78, 5) is 29.8. The van der Waals surface area contributed by atoms with Crippen LogP contribution in [0.25, 0.3) is 6.08 Å². The van der Waals surface area contributed by atoms with E-state index in [1.54, 1.807) is 17.2 Å². The molecule has 1 aliphatic heterocycles. The summed E-state index contributed by atoms with van der Waals surface area (Å²) >= 11 is 0. The maximum absolute atomic E-state index is 12.4. The number of nitrogens with zero attached hydrogens (tertiary/aromatic N) is 2. The van der Waals surface area contributed by atoms with Crippen molar-refractivity contribution in [2.45, 2.75) is 19.4 Å². The third-order valence-corrected chi connectivity index (χ3v) is 3.89. The van der Waals surface area contributed by atoms with E-state index in [9.17, 15) is 14.7 Å². The molecule has 0 radical (unpaired) electrons. The monoisotopic (exact) mass is 323 g/mol. The minimum atomic E-state index is -0.394. The topological polar surface area (TPSA) is 82.5 Å². The number of nitrogens with one attached hydrogen (secondary N) is 1. The van der Waals surface area contributed by atoms with Gasteiger partial charge in [0.25, 0.3) is 0 Å². The molecule has 6 heteroatoms. The number of rotatable bonds is 3. The van der Waals surface area contributed by atoms with Crippen LogP contribution >= 0.6 is 0 Å². The van der Waals surface area contributed by atoms with Gasteiger partial charge in [0.05, 0.1) is 12.5 Å². The van der Waals surface area contributed by atoms with Crippen molar-refractivity contribution in [1.29, 1.82) is 0 Å². The first-order chi connectivity index (χ1) is 11.6. The summed E-state index contributed by atoms with van der Waals surface area (Å²) in [5, 5.41) is 12.3. The Bertz CT molecular complexity index is 817. The van der Waals surface area contributed by atoms with Gasteiger partial charge in [-0.2, -0.15) is 0 Å². The Labute approximate surface area is 139 Å². The number of carbonyl (C=O) groups is 2. The lowest BCUT2D eigenvalue weighted by Gasteiger charge is -2.32. The van der Waals surface area contributed by atoms with Gasteiger partial charge in [0.2, 0.25) is 11.8 Å². The van der Waals surface area contributed by atoms with Crippen LogP contribution in [-0.4, -0.2) is 26.8 Å². The van der Waals surface area contributed by atoms with E-state index in [2.05, 4.69) is 10.3 Å². The van der Waals surface area contributed by atoms with Crippen LogP contribution in [0.3, 0.4) is 0 Å². The van der Waals surface area contributed by atoms with Gasteiger partial charge in [-0.15, -0.1) is 0 Å². The third-order valence-electron chi connectivity index (χ3n) is 3.89. The van der Waals surface area contributed by atoms with E-state index in [0.717, 1.165) is 11.1 Å². The summed E-state index contributed by atoms with van der Waals surface area (Å²) in [5.41, 5.74) is 1.89. The Morgan fingerprint density at radius 2 is 2.04 bits per heavy atom. The number of hydrogen-bond donors (Lipinski definition) is 2. The van der Waals surface area contributed by atoms with Crippen molar-refractivity contribution in [3.8, 4) is 5.75 Å². The molecule has 1 aliphatic rings. The van der Waals surface area contributed by atoms with E-state index in [4.69, 9.17) is 0 Å². The molecule has 0 saturated carbocycles. The van der Waals surface area contributed by atoms with Crippen LogP contribution in [0.4, 0.5) is 5.82 Å². The summed E-state index contributed by atoms with van der Waals surface area (Å²) in [6.07, 6.45) is 5.10. The zero-order valence-corrected chi connectivity index (χ0v) is 13.1. The highest BCUT2D eigenvalue weighted by molar-refractivity contribution is 5.92. The van der Waals surface area contributed by atoms with Gasteiger partial charge in [-0.25, -0.2) is 4.98 Å². The van der Waals surface area contributed by atoms with Gasteiger partial charge < -0.3 is 15.3 Å². The van der Waals surface area contributed by atoms with Crippen molar-refractivity contribution >= 4 is 23.7 Å². The van der Waals surface area contributed by atoms with Crippen LogP contribution < -0.4 is 5.32 Å². The number of anilines is 1. The minimum absolute atomic E-state index is 0.0664. The van der Waals surface area contributed by atoms with Gasteiger partial charge in [0.1, 0.15) is 0 Å². The molecule has 3 rings (SSSR count). The SMILES string of the molecule is CC(=O)N1C=Cc2ccccc2[C@@H]1CC(=O)Nc1ncccc1O. The van der Waals surface area contributed by atoms with E-state index >= 15 is 0 Å². The molecule has 2 amide bonds. The quantitative estimate of drug-likeness (QED) is 0.910. The fraction of sp³-hybridized carbons (Fsp3) is 0.167. The van der Waals surface area contributed by atoms with Gasteiger partial charge >= 0.3 is 0 Å². The van der Waals surface area contributed by atoms with E-state index in [1.807, 2.05) is 30.3 Å². The van der Waals surface area contributed by atoms with Crippen LogP contribution in [0.5, 0.6) is 5.75 Å². The molecule has 2 aromatic rings. The molecular formula is C18H17N3O3. The number of hydrogen-bond acceptors (Lipinski definition) is 4. The summed E-state index contributed by atoms with van der Waals surface area (Å²) in [5.74, 6) is -0.459. The smallest absolute Gasteiger partial charge is 0.228 e. The van der Waals surface area contributed by atoms with Crippen molar-refractivity contribution in [3.63, 3.8) is 0 Å². The summed E-state index contributed by atoms with van der Waals surface area (Å²) in [6, 6.07) is 10.3. The van der Waals surface area contributed by atoms with E-state index in [1.165, 1.54) is 19.2 Å². The minimum Gasteiger partial charge on any atom is -0.504 e. The maximum atomic E-state index is 12.4. The third kappa shape index (κ3) is 3.12. The van der Waals surface area contributed by atoms with Crippen LogP contribution in [0, 0.1) is 0 Å². The van der Waals surface area contributed by atoms with Crippen LogP contribution in [0.2, 0.25) is 0 Å². The van der Waals surface area contributed by atoms with Gasteiger partial charge in [-0.1, -0.05) is 24.3 Å². The molecular weight excluding hydrogens is 306 g/mol. The Morgan fingerprint density at radius 1 is 1.25 bits per heavy atom. The number of aromatic hydroxyl groups is 1. The average Bonchev–Trinajstić information content (AvgIpc) is 2.57. The van der Waals surface area contributed by atoms with Crippen molar-refractivity contribution in [3.05, 3.63) is 59.9 Å². The Kier molecular flexibility index (Phi) is 4.29. The predicted molar refractivity (Wildman–Crippen MR) is 89.9 cm³/mol. The lowest BCUT2D eigenvalue weighted by atomic mass is 9.93. The standard InChI is InChI=1S/C18H17N3O3/c1-12(22)21-10-8-13-5-2-3-6-14(13)15(21)11-17(24)20-18-16(23)7-4-9-19-18/h2-10,15,23H,11H2,1H3,(H,19,20,24)/t15-/m0/s1. The largest absolute Gasteiger partial charge is 0.504 e. The van der Waals surface area contributed by atoms with Gasteiger partial charge in [0, 0.05) is 19.3 Å². The highest BCUT2D eigenvalue weighted by atomic mass is 16.3. The number of benzene rings is 1. The predicted octanol–water partition coefficient (Wildman–Crippen LogP) is 2.69. The second-order valence-corrected chi connectivity index (χ2v) is 5.51. The van der Waals surface area contributed by atoms with Crippen LogP contribution in [0.1, 0.15) is 30.5 Å².